The number of hydrogen-bond acceptors (Lipinski definition) is 8. The second-order valence-electron chi connectivity index (χ2n) is 12.4. The van der Waals surface area contributed by atoms with Gasteiger partial charge in [0.1, 0.15) is 5.76 Å². The molecule has 2 unspecified atom stereocenters. The molecular weight excluding hydrogens is 552 g/mol. The summed E-state index contributed by atoms with van der Waals surface area (Å²) in [5.74, 6) is -0.558. The van der Waals surface area contributed by atoms with Crippen LogP contribution in [0.5, 0.6) is 0 Å². The first kappa shape index (κ1) is 28.3. The maximum Gasteiger partial charge on any atom is 0.303 e. The number of hydrazine groups is 1. The van der Waals surface area contributed by atoms with Crippen molar-refractivity contribution < 1.29 is 15.0 Å². The van der Waals surface area contributed by atoms with Crippen LogP contribution >= 0.6 is 0 Å². The van der Waals surface area contributed by atoms with Gasteiger partial charge in [-0.2, -0.15) is 0 Å². The van der Waals surface area contributed by atoms with E-state index in [1.54, 1.807) is 0 Å². The van der Waals surface area contributed by atoms with E-state index < -0.39 is 5.97 Å². The Morgan fingerprint density at radius 3 is 2.48 bits per heavy atom. The number of aliphatic carboxylic acids is 1. The van der Waals surface area contributed by atoms with Crippen LogP contribution in [0.25, 0.3) is 0 Å². The van der Waals surface area contributed by atoms with Crippen molar-refractivity contribution >= 4 is 23.1 Å². The number of fused-ring (bicyclic) bond motifs is 5. The molecule has 6 aliphatic heterocycles. The Kier molecular flexibility index (Phi) is 6.62. The zero-order valence-corrected chi connectivity index (χ0v) is 26.1. The first-order valence-corrected chi connectivity index (χ1v) is 15.5. The standard InChI is InChI=1S/C35H38N6O3/c1-7-21-17(3)24-15-29-35(41-16(2)10-11-36-41)20(6)27(38-29)13-25-18(4)22(8-9-31(43)44)33(39-25)23-12-30(42)32-19(5)26(40-34(23)32)14-28(21)37-24/h10,13-15,18,22,36,39,42H,7-9,11-12H2,1-6H3,(H,43,44). The van der Waals surface area contributed by atoms with Crippen molar-refractivity contribution in [2.45, 2.75) is 67.2 Å². The van der Waals surface area contributed by atoms with E-state index in [-0.39, 0.29) is 18.3 Å². The summed E-state index contributed by atoms with van der Waals surface area (Å²) in [7, 11) is 0. The van der Waals surface area contributed by atoms with Crippen molar-refractivity contribution in [1.82, 2.24) is 15.8 Å². The number of aliphatic hydroxyl groups excluding tert-OH is 1. The van der Waals surface area contributed by atoms with Crippen molar-refractivity contribution in [3.05, 3.63) is 103 Å². The third-order valence-corrected chi connectivity index (χ3v) is 9.91. The summed E-state index contributed by atoms with van der Waals surface area (Å²) >= 11 is 0. The summed E-state index contributed by atoms with van der Waals surface area (Å²) in [5.41, 5.74) is 18.5. The molecule has 2 atom stereocenters. The third-order valence-electron chi connectivity index (χ3n) is 9.91. The summed E-state index contributed by atoms with van der Waals surface area (Å²) < 4.78 is 0. The fraction of sp³-hybridized carbons (Fsp3) is 0.371. The zero-order valence-electron chi connectivity index (χ0n) is 26.1. The van der Waals surface area contributed by atoms with Crippen molar-refractivity contribution in [3.8, 4) is 0 Å². The van der Waals surface area contributed by atoms with E-state index in [1.165, 1.54) is 5.57 Å². The SMILES string of the molecule is CCC1=C(C)C2=NC1=CC1=C(C)C3=C(O)CC(=C4NC(=CC5=NC(=C2)C(N2NCC=C2C)=C5C)C(C)C4CCC(=O)O)C3=N1. The Labute approximate surface area is 257 Å². The van der Waals surface area contributed by atoms with Gasteiger partial charge in [0.15, 0.2) is 0 Å². The largest absolute Gasteiger partial charge is 0.511 e. The Hall–Kier alpha value is -4.50. The maximum atomic E-state index is 11.7. The van der Waals surface area contributed by atoms with E-state index >= 15 is 0 Å². The van der Waals surface area contributed by atoms with Gasteiger partial charge in [-0.05, 0) is 81.6 Å². The molecule has 9 heteroatoms. The van der Waals surface area contributed by atoms with Gasteiger partial charge >= 0.3 is 5.97 Å². The number of aliphatic hydroxyl groups is 1. The van der Waals surface area contributed by atoms with Gasteiger partial charge in [-0.1, -0.05) is 13.8 Å². The van der Waals surface area contributed by atoms with Gasteiger partial charge in [0.05, 0.1) is 39.9 Å². The molecular formula is C35H38N6O3. The van der Waals surface area contributed by atoms with Crippen LogP contribution in [0.1, 0.15) is 67.2 Å². The monoisotopic (exact) mass is 590 g/mol. The molecule has 0 aromatic carbocycles. The first-order valence-electron chi connectivity index (χ1n) is 15.5. The molecule has 0 aromatic heterocycles. The minimum Gasteiger partial charge on any atom is -0.511 e. The lowest BCUT2D eigenvalue weighted by Gasteiger charge is -2.23. The molecule has 1 aliphatic carbocycles. The number of carboxylic acid groups (broad SMARTS) is 1. The molecule has 8 bridgehead atoms. The quantitative estimate of drug-likeness (QED) is 0.302. The second kappa shape index (κ2) is 10.3. The van der Waals surface area contributed by atoms with Crippen LogP contribution in [0.15, 0.2) is 118 Å². The van der Waals surface area contributed by atoms with Crippen LogP contribution in [0.4, 0.5) is 0 Å². The summed E-state index contributed by atoms with van der Waals surface area (Å²) in [6.45, 7) is 13.4. The number of rotatable bonds is 5. The summed E-state index contributed by atoms with van der Waals surface area (Å²) in [5, 5.41) is 26.6. The van der Waals surface area contributed by atoms with Gasteiger partial charge < -0.3 is 15.5 Å². The van der Waals surface area contributed by atoms with Gasteiger partial charge in [0, 0.05) is 65.0 Å². The topological polar surface area (TPSA) is 122 Å². The van der Waals surface area contributed by atoms with Crippen molar-refractivity contribution in [2.24, 2.45) is 26.8 Å². The highest BCUT2D eigenvalue weighted by atomic mass is 16.4. The number of carbonyl (C=O) groups is 1. The first-order chi connectivity index (χ1) is 21.1. The fourth-order valence-electron chi connectivity index (χ4n) is 7.41. The van der Waals surface area contributed by atoms with Crippen LogP contribution in [-0.4, -0.2) is 44.9 Å². The lowest BCUT2D eigenvalue weighted by molar-refractivity contribution is -0.137. The Bertz CT molecular complexity index is 1830. The molecule has 0 radical (unpaired) electrons. The Morgan fingerprint density at radius 2 is 1.77 bits per heavy atom. The highest BCUT2D eigenvalue weighted by Gasteiger charge is 2.41. The predicted octanol–water partition coefficient (Wildman–Crippen LogP) is 6.20. The average Bonchev–Trinajstić information content (AvgIpc) is 3.79. The minimum atomic E-state index is -0.818. The van der Waals surface area contributed by atoms with Crippen molar-refractivity contribution in [2.75, 3.05) is 6.54 Å². The Morgan fingerprint density at radius 1 is 1.02 bits per heavy atom. The van der Waals surface area contributed by atoms with Crippen LogP contribution in [0, 0.1) is 11.8 Å². The lowest BCUT2D eigenvalue weighted by atomic mass is 9.86. The molecule has 0 amide bonds. The molecule has 7 aliphatic rings. The number of hydrogen-bond donors (Lipinski definition) is 4. The molecule has 4 N–H and O–H groups in total. The Balaban J connectivity index is 1.47. The highest BCUT2D eigenvalue weighted by Crippen LogP contribution is 2.46. The third kappa shape index (κ3) is 4.24. The van der Waals surface area contributed by atoms with E-state index in [1.807, 2.05) is 13.0 Å². The molecule has 7 rings (SSSR count). The van der Waals surface area contributed by atoms with Gasteiger partial charge in [0.2, 0.25) is 0 Å². The van der Waals surface area contributed by atoms with E-state index in [0.29, 0.717) is 18.6 Å². The van der Waals surface area contributed by atoms with Crippen LogP contribution in [0.3, 0.4) is 0 Å². The number of aliphatic imine (C=N–C) groups is 3. The number of nitrogens with zero attached hydrogens (tertiary/aromatic N) is 4. The van der Waals surface area contributed by atoms with Gasteiger partial charge in [-0.25, -0.2) is 20.4 Å². The van der Waals surface area contributed by atoms with E-state index in [9.17, 15) is 15.0 Å². The molecule has 9 nitrogen and oxygen atoms in total. The van der Waals surface area contributed by atoms with E-state index in [0.717, 1.165) is 97.8 Å². The van der Waals surface area contributed by atoms with Crippen LogP contribution in [0.2, 0.25) is 0 Å². The van der Waals surface area contributed by atoms with Gasteiger partial charge in [-0.15, -0.1) is 0 Å². The molecule has 6 heterocycles. The molecule has 1 saturated heterocycles. The fourth-order valence-corrected chi connectivity index (χ4v) is 7.41. The summed E-state index contributed by atoms with van der Waals surface area (Å²) in [6, 6.07) is 0. The second-order valence-corrected chi connectivity index (χ2v) is 12.4. The van der Waals surface area contributed by atoms with E-state index in [2.05, 4.69) is 68.6 Å². The molecule has 0 spiro atoms. The number of carboxylic acids is 1. The van der Waals surface area contributed by atoms with Crippen molar-refractivity contribution in [3.63, 3.8) is 0 Å². The summed E-state index contributed by atoms with van der Waals surface area (Å²) in [4.78, 5) is 27.1. The maximum absolute atomic E-state index is 11.7. The predicted molar refractivity (Wildman–Crippen MR) is 173 cm³/mol. The normalized spacial score (nSPS) is 26.0. The number of allylic oxidation sites excluding steroid dienone is 12. The highest BCUT2D eigenvalue weighted by molar-refractivity contribution is 6.21. The molecule has 1 fully saturated rings. The van der Waals surface area contributed by atoms with Crippen LogP contribution < -0.4 is 10.7 Å². The van der Waals surface area contributed by atoms with Crippen LogP contribution in [-0.2, 0) is 4.79 Å². The van der Waals surface area contributed by atoms with Gasteiger partial charge in [-0.3, -0.25) is 9.80 Å². The summed E-state index contributed by atoms with van der Waals surface area (Å²) in [6.07, 6.45) is 10.1. The molecule has 0 aromatic rings. The molecule has 44 heavy (non-hydrogen) atoms. The lowest BCUT2D eigenvalue weighted by Crippen LogP contribution is -2.31. The average molecular weight is 591 g/mol. The molecule has 0 saturated carbocycles. The molecule has 226 valence electrons. The zero-order chi connectivity index (χ0) is 31.0. The minimum absolute atomic E-state index is 0.0209. The smallest absolute Gasteiger partial charge is 0.303 e. The van der Waals surface area contributed by atoms with Gasteiger partial charge in [0.25, 0.3) is 0 Å². The van der Waals surface area contributed by atoms with E-state index in [4.69, 9.17) is 15.0 Å². The number of nitrogens with one attached hydrogen (secondary N) is 2. The van der Waals surface area contributed by atoms with Crippen molar-refractivity contribution in [1.29, 1.82) is 0 Å².